The number of amides is 2. The van der Waals surface area contributed by atoms with Crippen LogP contribution >= 0.6 is 0 Å². The predicted molar refractivity (Wildman–Crippen MR) is 94.0 cm³/mol. The summed E-state index contributed by atoms with van der Waals surface area (Å²) in [6.45, 7) is 0.736. The number of likely N-dealkylation sites (tertiary alicyclic amines) is 1. The van der Waals surface area contributed by atoms with Crippen LogP contribution in [0.4, 0.5) is 10.1 Å². The zero-order valence-corrected chi connectivity index (χ0v) is 14.4. The van der Waals surface area contributed by atoms with Gasteiger partial charge in [-0.3, -0.25) is 9.59 Å². The van der Waals surface area contributed by atoms with Gasteiger partial charge in [0.05, 0.1) is 0 Å². The monoisotopic (exact) mass is 357 g/mol. The standard InChI is InChI=1S/C18H20FN5O2/c1-20-17(26)18(23-14-5-2-4-13(19)12-14)6-10-24(11-7-18)16(25)15-21-8-3-9-22-15/h2-5,8-9,12,23H,6-7,10-11H2,1H3,(H,20,26). The van der Waals surface area contributed by atoms with Gasteiger partial charge in [-0.05, 0) is 37.1 Å². The minimum Gasteiger partial charge on any atom is -0.371 e. The first-order valence-electron chi connectivity index (χ1n) is 8.36. The summed E-state index contributed by atoms with van der Waals surface area (Å²) >= 11 is 0. The first kappa shape index (κ1) is 17.8. The Morgan fingerprint density at radius 1 is 1.15 bits per heavy atom. The van der Waals surface area contributed by atoms with Gasteiger partial charge in [-0.2, -0.15) is 0 Å². The van der Waals surface area contributed by atoms with E-state index in [0.717, 1.165) is 0 Å². The van der Waals surface area contributed by atoms with Gasteiger partial charge in [0, 0.05) is 38.2 Å². The molecule has 0 bridgehead atoms. The predicted octanol–water partition coefficient (Wildman–Crippen LogP) is 1.45. The molecule has 136 valence electrons. The first-order valence-corrected chi connectivity index (χ1v) is 8.36. The van der Waals surface area contributed by atoms with Gasteiger partial charge < -0.3 is 15.5 Å². The van der Waals surface area contributed by atoms with Gasteiger partial charge >= 0.3 is 0 Å². The van der Waals surface area contributed by atoms with Gasteiger partial charge in [-0.25, -0.2) is 14.4 Å². The molecule has 7 nitrogen and oxygen atoms in total. The molecule has 1 aromatic heterocycles. The molecule has 1 aromatic carbocycles. The summed E-state index contributed by atoms with van der Waals surface area (Å²) in [5, 5.41) is 5.83. The Morgan fingerprint density at radius 2 is 1.85 bits per heavy atom. The van der Waals surface area contributed by atoms with E-state index in [-0.39, 0.29) is 23.5 Å². The quantitative estimate of drug-likeness (QED) is 0.865. The van der Waals surface area contributed by atoms with Crippen molar-refractivity contribution < 1.29 is 14.0 Å². The third kappa shape index (κ3) is 3.63. The number of halogens is 1. The maximum atomic E-state index is 13.5. The van der Waals surface area contributed by atoms with E-state index in [0.29, 0.717) is 31.6 Å². The second-order valence-corrected chi connectivity index (χ2v) is 6.16. The number of rotatable bonds is 4. The van der Waals surface area contributed by atoms with Crippen molar-refractivity contribution in [3.63, 3.8) is 0 Å². The van der Waals surface area contributed by atoms with Gasteiger partial charge in [0.1, 0.15) is 11.4 Å². The van der Waals surface area contributed by atoms with Crippen LogP contribution in [0.5, 0.6) is 0 Å². The number of piperidine rings is 1. The van der Waals surface area contributed by atoms with Crippen molar-refractivity contribution in [3.8, 4) is 0 Å². The maximum absolute atomic E-state index is 13.5. The van der Waals surface area contributed by atoms with Crippen molar-refractivity contribution in [2.24, 2.45) is 0 Å². The molecular formula is C18H20FN5O2. The summed E-state index contributed by atoms with van der Waals surface area (Å²) in [4.78, 5) is 34.6. The van der Waals surface area contributed by atoms with Crippen LogP contribution in [0.1, 0.15) is 23.5 Å². The van der Waals surface area contributed by atoms with Gasteiger partial charge in [0.2, 0.25) is 11.7 Å². The molecule has 1 saturated heterocycles. The minimum absolute atomic E-state index is 0.137. The molecule has 8 heteroatoms. The Morgan fingerprint density at radius 3 is 2.46 bits per heavy atom. The summed E-state index contributed by atoms with van der Waals surface area (Å²) in [6.07, 6.45) is 3.82. The Kier molecular flexibility index (Phi) is 5.11. The fourth-order valence-corrected chi connectivity index (χ4v) is 3.13. The normalized spacial score (nSPS) is 16.0. The first-order chi connectivity index (χ1) is 12.5. The van der Waals surface area contributed by atoms with Crippen LogP contribution in [-0.2, 0) is 4.79 Å². The molecule has 0 aliphatic carbocycles. The van der Waals surface area contributed by atoms with Gasteiger partial charge in [0.15, 0.2) is 0 Å². The van der Waals surface area contributed by atoms with E-state index < -0.39 is 5.54 Å². The van der Waals surface area contributed by atoms with Crippen LogP contribution < -0.4 is 10.6 Å². The number of hydrogen-bond donors (Lipinski definition) is 2. The smallest absolute Gasteiger partial charge is 0.291 e. The van der Waals surface area contributed by atoms with Crippen LogP contribution in [0.15, 0.2) is 42.7 Å². The molecule has 2 N–H and O–H groups in total. The average molecular weight is 357 g/mol. The lowest BCUT2D eigenvalue weighted by Gasteiger charge is -2.41. The third-order valence-corrected chi connectivity index (χ3v) is 4.53. The van der Waals surface area contributed by atoms with E-state index >= 15 is 0 Å². The van der Waals surface area contributed by atoms with E-state index in [1.165, 1.54) is 24.5 Å². The number of anilines is 1. The molecule has 2 aromatic rings. The molecule has 26 heavy (non-hydrogen) atoms. The zero-order chi connectivity index (χ0) is 18.6. The van der Waals surface area contributed by atoms with E-state index in [4.69, 9.17) is 0 Å². The highest BCUT2D eigenvalue weighted by molar-refractivity contribution is 5.92. The Labute approximate surface area is 150 Å². The SMILES string of the molecule is CNC(=O)C1(Nc2cccc(F)c2)CCN(C(=O)c2ncccn2)CC1. The van der Waals surface area contributed by atoms with Crippen molar-refractivity contribution in [1.29, 1.82) is 0 Å². The second-order valence-electron chi connectivity index (χ2n) is 6.16. The second kappa shape index (κ2) is 7.47. The van der Waals surface area contributed by atoms with E-state index in [9.17, 15) is 14.0 Å². The number of benzene rings is 1. The van der Waals surface area contributed by atoms with Crippen LogP contribution in [0.3, 0.4) is 0 Å². The number of likely N-dealkylation sites (N-methyl/N-ethyl adjacent to an activating group) is 1. The zero-order valence-electron chi connectivity index (χ0n) is 14.4. The van der Waals surface area contributed by atoms with Crippen molar-refractivity contribution in [2.75, 3.05) is 25.5 Å². The summed E-state index contributed by atoms with van der Waals surface area (Å²) in [6, 6.07) is 7.63. The summed E-state index contributed by atoms with van der Waals surface area (Å²) in [5.41, 5.74) is -0.378. The average Bonchev–Trinajstić information content (AvgIpc) is 2.68. The van der Waals surface area contributed by atoms with Gasteiger partial charge in [-0.1, -0.05) is 6.07 Å². The van der Waals surface area contributed by atoms with Crippen LogP contribution in [0.2, 0.25) is 0 Å². The van der Waals surface area contributed by atoms with Crippen molar-refractivity contribution in [1.82, 2.24) is 20.2 Å². The number of carbonyl (C=O) groups excluding carboxylic acids is 2. The van der Waals surface area contributed by atoms with E-state index in [1.807, 2.05) is 0 Å². The van der Waals surface area contributed by atoms with Crippen LogP contribution in [0.25, 0.3) is 0 Å². The lowest BCUT2D eigenvalue weighted by Crippen LogP contribution is -2.58. The Balaban J connectivity index is 1.75. The summed E-state index contributed by atoms with van der Waals surface area (Å²) < 4.78 is 13.5. The van der Waals surface area contributed by atoms with E-state index in [1.54, 1.807) is 30.1 Å². The molecule has 0 saturated carbocycles. The molecule has 0 radical (unpaired) electrons. The highest BCUT2D eigenvalue weighted by Gasteiger charge is 2.42. The minimum atomic E-state index is -0.906. The lowest BCUT2D eigenvalue weighted by molar-refractivity contribution is -0.126. The number of hydrogen-bond acceptors (Lipinski definition) is 5. The highest BCUT2D eigenvalue weighted by Crippen LogP contribution is 2.28. The van der Waals surface area contributed by atoms with E-state index in [2.05, 4.69) is 20.6 Å². The summed E-state index contributed by atoms with van der Waals surface area (Å²) in [7, 11) is 1.56. The molecule has 0 atom stereocenters. The molecular weight excluding hydrogens is 337 g/mol. The van der Waals surface area contributed by atoms with Crippen molar-refractivity contribution in [2.45, 2.75) is 18.4 Å². The Bertz CT molecular complexity index is 791. The largest absolute Gasteiger partial charge is 0.371 e. The maximum Gasteiger partial charge on any atom is 0.291 e. The van der Waals surface area contributed by atoms with Crippen molar-refractivity contribution in [3.05, 3.63) is 54.4 Å². The number of nitrogens with one attached hydrogen (secondary N) is 2. The number of aromatic nitrogens is 2. The van der Waals surface area contributed by atoms with Gasteiger partial charge in [-0.15, -0.1) is 0 Å². The van der Waals surface area contributed by atoms with Crippen molar-refractivity contribution >= 4 is 17.5 Å². The Hall–Kier alpha value is -3.03. The lowest BCUT2D eigenvalue weighted by atomic mass is 9.86. The van der Waals surface area contributed by atoms with Gasteiger partial charge in [0.25, 0.3) is 5.91 Å². The molecule has 3 rings (SSSR count). The third-order valence-electron chi connectivity index (χ3n) is 4.53. The van der Waals surface area contributed by atoms with Crippen LogP contribution in [-0.4, -0.2) is 52.4 Å². The fraction of sp³-hybridized carbons (Fsp3) is 0.333. The molecule has 0 spiro atoms. The molecule has 0 unspecified atom stereocenters. The summed E-state index contributed by atoms with van der Waals surface area (Å²) in [5.74, 6) is -0.694. The molecule has 1 aliphatic heterocycles. The molecule has 1 fully saturated rings. The van der Waals surface area contributed by atoms with Crippen LogP contribution in [0, 0.1) is 5.82 Å². The fourth-order valence-electron chi connectivity index (χ4n) is 3.13. The topological polar surface area (TPSA) is 87.2 Å². The molecule has 2 heterocycles. The molecule has 1 aliphatic rings. The number of nitrogens with zero attached hydrogens (tertiary/aromatic N) is 3. The highest BCUT2D eigenvalue weighted by atomic mass is 19.1. The molecule has 2 amide bonds. The number of carbonyl (C=O) groups is 2.